The van der Waals surface area contributed by atoms with Crippen molar-refractivity contribution in [2.24, 2.45) is 21.0 Å². The van der Waals surface area contributed by atoms with Gasteiger partial charge in [0.1, 0.15) is 11.5 Å². The van der Waals surface area contributed by atoms with Crippen LogP contribution in [0.1, 0.15) is 11.1 Å². The van der Waals surface area contributed by atoms with E-state index in [-0.39, 0.29) is 29.9 Å². The molecule has 0 heterocycles. The molecule has 0 spiro atoms. The van der Waals surface area contributed by atoms with Crippen LogP contribution in [0.5, 0.6) is 11.5 Å². The molecule has 8 heteroatoms. The van der Waals surface area contributed by atoms with Crippen molar-refractivity contribution >= 4 is 52.3 Å². The Labute approximate surface area is 184 Å². The number of phenolic OH excluding ortho intramolecular Hbond substituents is 2. The van der Waals surface area contributed by atoms with Crippen LogP contribution in [-0.2, 0) is 0 Å². The third kappa shape index (κ3) is 4.73. The van der Waals surface area contributed by atoms with Crippen molar-refractivity contribution in [1.29, 1.82) is 0 Å². The summed E-state index contributed by atoms with van der Waals surface area (Å²) in [6, 6.07) is 22.2. The Hall–Kier alpha value is -4.10. The van der Waals surface area contributed by atoms with Crippen molar-refractivity contribution in [2.45, 2.75) is 0 Å². The molecule has 0 unspecified atom stereocenters. The highest BCUT2D eigenvalue weighted by atomic mass is 35.5. The summed E-state index contributed by atoms with van der Waals surface area (Å²) >= 11 is 0. The molecule has 0 radical (unpaired) electrons. The number of hydrogen-bond acceptors (Lipinski definition) is 5. The molecule has 156 valence electrons. The molecule has 0 atom stereocenters. The van der Waals surface area contributed by atoms with Crippen LogP contribution in [0.3, 0.4) is 0 Å². The number of nitrogens with one attached hydrogen (secondary N) is 1. The van der Waals surface area contributed by atoms with Gasteiger partial charge in [-0.25, -0.2) is 5.43 Å². The van der Waals surface area contributed by atoms with Gasteiger partial charge in [0.2, 0.25) is 5.96 Å². The number of rotatable bonds is 4. The number of nitrogens with zero attached hydrogens (tertiary/aromatic N) is 3. The highest BCUT2D eigenvalue weighted by molar-refractivity contribution is 6.03. The average Bonchev–Trinajstić information content (AvgIpc) is 2.77. The van der Waals surface area contributed by atoms with E-state index in [0.29, 0.717) is 11.1 Å². The fourth-order valence-electron chi connectivity index (χ4n) is 3.17. The molecule has 0 saturated carbocycles. The summed E-state index contributed by atoms with van der Waals surface area (Å²) in [4.78, 5) is 0. The van der Waals surface area contributed by atoms with Crippen LogP contribution in [0, 0.1) is 0 Å². The summed E-state index contributed by atoms with van der Waals surface area (Å²) in [5.41, 5.74) is 9.48. The van der Waals surface area contributed by atoms with Crippen molar-refractivity contribution in [1.82, 2.24) is 5.43 Å². The van der Waals surface area contributed by atoms with Gasteiger partial charge in [0.05, 0.1) is 12.4 Å². The number of hydrogen-bond donors (Lipinski definition) is 4. The first-order valence-corrected chi connectivity index (χ1v) is 9.20. The summed E-state index contributed by atoms with van der Waals surface area (Å²) in [6.45, 7) is 0. The lowest BCUT2D eigenvalue weighted by molar-refractivity contribution is 0.475. The predicted molar refractivity (Wildman–Crippen MR) is 128 cm³/mol. The Kier molecular flexibility index (Phi) is 6.69. The van der Waals surface area contributed by atoms with Gasteiger partial charge in [0.25, 0.3) is 0 Å². The number of nitrogens with two attached hydrogens (primary N) is 1. The maximum absolute atomic E-state index is 10.1. The zero-order valence-electron chi connectivity index (χ0n) is 16.3. The molecule has 4 aromatic carbocycles. The summed E-state index contributed by atoms with van der Waals surface area (Å²) < 4.78 is 0. The predicted octanol–water partition coefficient (Wildman–Crippen LogP) is 4.10. The van der Waals surface area contributed by atoms with E-state index in [1.165, 1.54) is 12.4 Å². The normalized spacial score (nSPS) is 11.9. The summed E-state index contributed by atoms with van der Waals surface area (Å²) in [7, 11) is 0. The maximum Gasteiger partial charge on any atom is 0.234 e. The van der Waals surface area contributed by atoms with Gasteiger partial charge in [-0.05, 0) is 33.7 Å². The van der Waals surface area contributed by atoms with Crippen LogP contribution < -0.4 is 11.2 Å². The Bertz CT molecular complexity index is 1320. The summed E-state index contributed by atoms with van der Waals surface area (Å²) in [5.74, 6) is 0.171. The number of fused-ring (bicyclic) bond motifs is 2. The van der Waals surface area contributed by atoms with Crippen LogP contribution in [0.4, 0.5) is 0 Å². The number of hydrazone groups is 1. The van der Waals surface area contributed by atoms with Gasteiger partial charge in [-0.15, -0.1) is 17.5 Å². The number of halogens is 1. The SMILES string of the molecule is Cl.N/C(=N\N=C\c1c(O)ccc2ccccc12)N/N=C/c1c(O)ccc2ccccc12. The zero-order chi connectivity index (χ0) is 20.9. The average molecular weight is 434 g/mol. The minimum atomic E-state index is -0.0399. The molecular formula is C23H20ClN5O2. The van der Waals surface area contributed by atoms with Crippen LogP contribution in [-0.4, -0.2) is 28.6 Å². The Morgan fingerprint density at radius 3 is 1.84 bits per heavy atom. The summed E-state index contributed by atoms with van der Waals surface area (Å²) in [5, 5.41) is 35.7. The van der Waals surface area contributed by atoms with E-state index in [1.807, 2.05) is 60.7 Å². The largest absolute Gasteiger partial charge is 0.507 e. The van der Waals surface area contributed by atoms with Crippen LogP contribution in [0.2, 0.25) is 0 Å². The number of aromatic hydroxyl groups is 2. The quantitative estimate of drug-likeness (QED) is 0.220. The van der Waals surface area contributed by atoms with Crippen LogP contribution in [0.15, 0.2) is 88.1 Å². The van der Waals surface area contributed by atoms with Gasteiger partial charge in [0, 0.05) is 11.1 Å². The van der Waals surface area contributed by atoms with Crippen molar-refractivity contribution in [3.8, 4) is 11.5 Å². The lowest BCUT2D eigenvalue weighted by Crippen LogP contribution is -2.26. The van der Waals surface area contributed by atoms with Gasteiger partial charge in [0.15, 0.2) is 0 Å². The first-order valence-electron chi connectivity index (χ1n) is 9.20. The maximum atomic E-state index is 10.1. The molecule has 0 bridgehead atoms. The lowest BCUT2D eigenvalue weighted by Gasteiger charge is -2.05. The van der Waals surface area contributed by atoms with E-state index in [2.05, 4.69) is 20.7 Å². The molecule has 0 fully saturated rings. The second kappa shape index (κ2) is 9.60. The number of benzene rings is 4. The van der Waals surface area contributed by atoms with Gasteiger partial charge in [-0.1, -0.05) is 60.7 Å². The highest BCUT2D eigenvalue weighted by Crippen LogP contribution is 2.26. The van der Waals surface area contributed by atoms with Gasteiger partial charge < -0.3 is 15.9 Å². The molecule has 0 saturated heterocycles. The summed E-state index contributed by atoms with van der Waals surface area (Å²) in [6.07, 6.45) is 2.91. The molecule has 7 nitrogen and oxygen atoms in total. The van der Waals surface area contributed by atoms with Crippen molar-refractivity contribution < 1.29 is 10.2 Å². The fourth-order valence-corrected chi connectivity index (χ4v) is 3.17. The molecule has 0 aliphatic rings. The molecule has 4 rings (SSSR count). The van der Waals surface area contributed by atoms with Crippen LogP contribution in [0.25, 0.3) is 21.5 Å². The van der Waals surface area contributed by atoms with E-state index in [4.69, 9.17) is 5.73 Å². The van der Waals surface area contributed by atoms with Crippen LogP contribution >= 0.6 is 12.4 Å². The van der Waals surface area contributed by atoms with E-state index in [1.54, 1.807) is 12.1 Å². The van der Waals surface area contributed by atoms with E-state index in [9.17, 15) is 10.2 Å². The minimum absolute atomic E-state index is 0. The first kappa shape index (κ1) is 21.6. The van der Waals surface area contributed by atoms with Gasteiger partial charge in [-0.2, -0.15) is 10.2 Å². The highest BCUT2D eigenvalue weighted by Gasteiger charge is 2.05. The van der Waals surface area contributed by atoms with E-state index in [0.717, 1.165) is 21.5 Å². The number of guanidine groups is 1. The smallest absolute Gasteiger partial charge is 0.234 e. The zero-order valence-corrected chi connectivity index (χ0v) is 17.1. The Balaban J connectivity index is 0.00000272. The number of phenols is 2. The fraction of sp³-hybridized carbons (Fsp3) is 0. The minimum Gasteiger partial charge on any atom is -0.507 e. The second-order valence-electron chi connectivity index (χ2n) is 6.54. The van der Waals surface area contributed by atoms with Crippen molar-refractivity contribution in [2.75, 3.05) is 0 Å². The van der Waals surface area contributed by atoms with Crippen molar-refractivity contribution in [3.63, 3.8) is 0 Å². The van der Waals surface area contributed by atoms with Crippen molar-refractivity contribution in [3.05, 3.63) is 83.9 Å². The third-order valence-corrected chi connectivity index (χ3v) is 4.62. The van der Waals surface area contributed by atoms with E-state index < -0.39 is 0 Å². The molecule has 31 heavy (non-hydrogen) atoms. The third-order valence-electron chi connectivity index (χ3n) is 4.62. The Morgan fingerprint density at radius 2 is 1.26 bits per heavy atom. The second-order valence-corrected chi connectivity index (χ2v) is 6.54. The van der Waals surface area contributed by atoms with Gasteiger partial charge in [-0.3, -0.25) is 0 Å². The molecule has 0 aromatic heterocycles. The molecular weight excluding hydrogens is 414 g/mol. The lowest BCUT2D eigenvalue weighted by atomic mass is 10.0. The molecule has 4 aromatic rings. The van der Waals surface area contributed by atoms with E-state index >= 15 is 0 Å². The molecule has 0 aliphatic carbocycles. The Morgan fingerprint density at radius 1 is 0.742 bits per heavy atom. The monoisotopic (exact) mass is 433 g/mol. The standard InChI is InChI=1S/C23H19N5O2.ClH/c24-23(27-25-13-19-17-7-3-1-5-15(17)9-11-21(19)29)28-26-14-20-18-8-4-2-6-16(18)10-12-22(20)30;/h1-14,29-30H,(H3,24,27,28);1H/b25-13+,26-14+;. The van der Waals surface area contributed by atoms with Gasteiger partial charge >= 0.3 is 0 Å². The topological polar surface area (TPSA) is 116 Å². The first-order chi connectivity index (χ1) is 14.6. The molecule has 0 aliphatic heterocycles. The molecule has 0 amide bonds. The molecule has 5 N–H and O–H groups in total.